The smallest absolute Gasteiger partial charge is 0.306 e. The number of ketones is 3. The highest BCUT2D eigenvalue weighted by atomic mass is 16.5. The number of hydrogen-bond donors (Lipinski definition) is 1. The molecule has 3 rings (SSSR count). The first kappa shape index (κ1) is 21.7. The fourth-order valence-corrected chi connectivity index (χ4v) is 4.11. The molecule has 158 valence electrons. The molecule has 6 nitrogen and oxygen atoms in total. The third kappa shape index (κ3) is 4.75. The van der Waals surface area contributed by atoms with E-state index in [9.17, 15) is 19.2 Å². The van der Waals surface area contributed by atoms with E-state index in [0.29, 0.717) is 22.4 Å². The highest BCUT2D eigenvalue weighted by molar-refractivity contribution is 6.04. The van der Waals surface area contributed by atoms with Crippen molar-refractivity contribution in [3.8, 4) is 0 Å². The van der Waals surface area contributed by atoms with E-state index in [2.05, 4.69) is 4.98 Å². The molecule has 1 N–H and O–H groups in total. The van der Waals surface area contributed by atoms with Gasteiger partial charge in [-0.2, -0.15) is 0 Å². The molecular formula is C24H27NO5. The lowest BCUT2D eigenvalue weighted by molar-refractivity contribution is -0.142. The van der Waals surface area contributed by atoms with Crippen molar-refractivity contribution in [3.63, 3.8) is 0 Å². The average molecular weight is 409 g/mol. The zero-order valence-electron chi connectivity index (χ0n) is 17.7. The van der Waals surface area contributed by atoms with Gasteiger partial charge < -0.3 is 9.72 Å². The number of ether oxygens (including phenoxy) is 1. The molecule has 1 aliphatic rings. The van der Waals surface area contributed by atoms with Crippen molar-refractivity contribution in [1.29, 1.82) is 0 Å². The lowest BCUT2D eigenvalue weighted by Gasteiger charge is -2.16. The fourth-order valence-electron chi connectivity index (χ4n) is 4.11. The van der Waals surface area contributed by atoms with E-state index < -0.39 is 18.4 Å². The van der Waals surface area contributed by atoms with Gasteiger partial charge >= 0.3 is 5.97 Å². The summed E-state index contributed by atoms with van der Waals surface area (Å²) in [7, 11) is 0. The van der Waals surface area contributed by atoms with E-state index in [-0.39, 0.29) is 30.1 Å². The summed E-state index contributed by atoms with van der Waals surface area (Å²) >= 11 is 0. The minimum absolute atomic E-state index is 0.0426. The average Bonchev–Trinajstić information content (AvgIpc) is 3.03. The van der Waals surface area contributed by atoms with Gasteiger partial charge in [-0.3, -0.25) is 19.2 Å². The van der Waals surface area contributed by atoms with Crippen molar-refractivity contribution in [2.24, 2.45) is 0 Å². The van der Waals surface area contributed by atoms with Crippen LogP contribution in [-0.4, -0.2) is 34.9 Å². The minimum Gasteiger partial charge on any atom is -0.457 e. The Kier molecular flexibility index (Phi) is 6.65. The van der Waals surface area contributed by atoms with E-state index in [1.807, 2.05) is 18.2 Å². The number of hydrogen-bond acceptors (Lipinski definition) is 5. The van der Waals surface area contributed by atoms with E-state index in [1.54, 1.807) is 13.8 Å². The van der Waals surface area contributed by atoms with Crippen LogP contribution in [0, 0.1) is 13.8 Å². The number of carbonyl (C=O) groups excluding carboxylic acids is 4. The number of H-pyrrole nitrogens is 1. The third-order valence-corrected chi connectivity index (χ3v) is 5.66. The summed E-state index contributed by atoms with van der Waals surface area (Å²) in [5, 5.41) is 0. The number of benzene rings is 1. The number of aryl methyl sites for hydroxylation is 3. The van der Waals surface area contributed by atoms with Crippen molar-refractivity contribution in [1.82, 2.24) is 4.98 Å². The Balaban J connectivity index is 1.51. The summed E-state index contributed by atoms with van der Waals surface area (Å²) in [6.07, 6.45) is 4.33. The van der Waals surface area contributed by atoms with Gasteiger partial charge in [-0.25, -0.2) is 0 Å². The molecule has 1 aliphatic carbocycles. The van der Waals surface area contributed by atoms with Crippen molar-refractivity contribution < 1.29 is 23.9 Å². The maximum absolute atomic E-state index is 12.4. The molecule has 0 unspecified atom stereocenters. The molecule has 2 aromatic rings. The van der Waals surface area contributed by atoms with E-state index in [0.717, 1.165) is 19.3 Å². The molecule has 0 fully saturated rings. The minimum atomic E-state index is -0.595. The van der Waals surface area contributed by atoms with Gasteiger partial charge in [0, 0.05) is 23.2 Å². The molecule has 6 heteroatoms. The quantitative estimate of drug-likeness (QED) is 0.523. The van der Waals surface area contributed by atoms with Crippen molar-refractivity contribution in [2.45, 2.75) is 59.3 Å². The zero-order chi connectivity index (χ0) is 21.8. The highest BCUT2D eigenvalue weighted by Crippen LogP contribution is 2.23. The number of nitrogens with one attached hydrogen (secondary N) is 1. The van der Waals surface area contributed by atoms with Crippen LogP contribution < -0.4 is 0 Å². The van der Waals surface area contributed by atoms with Crippen LogP contribution in [0.3, 0.4) is 0 Å². The Labute approximate surface area is 176 Å². The van der Waals surface area contributed by atoms with Gasteiger partial charge in [0.1, 0.15) is 0 Å². The molecule has 0 spiro atoms. The van der Waals surface area contributed by atoms with Crippen LogP contribution in [0.15, 0.2) is 18.2 Å². The van der Waals surface area contributed by atoms with Crippen molar-refractivity contribution in [2.75, 3.05) is 6.61 Å². The Morgan fingerprint density at radius 2 is 1.67 bits per heavy atom. The summed E-state index contributed by atoms with van der Waals surface area (Å²) in [4.78, 5) is 51.4. The molecule has 0 bridgehead atoms. The van der Waals surface area contributed by atoms with E-state index in [4.69, 9.17) is 4.74 Å². The fraction of sp³-hybridized carbons (Fsp3) is 0.417. The van der Waals surface area contributed by atoms with Gasteiger partial charge in [0.2, 0.25) is 5.78 Å². The molecule has 0 aliphatic heterocycles. The van der Waals surface area contributed by atoms with Gasteiger partial charge in [0.05, 0.1) is 12.1 Å². The number of carbonyl (C=O) groups is 4. The van der Waals surface area contributed by atoms with Gasteiger partial charge in [0.15, 0.2) is 18.2 Å². The summed E-state index contributed by atoms with van der Waals surface area (Å²) < 4.78 is 5.05. The Bertz CT molecular complexity index is 1010. The number of Topliss-reactive ketones (excluding diaryl/α,β-unsaturated/α-hetero) is 3. The topological polar surface area (TPSA) is 93.3 Å². The Morgan fingerprint density at radius 3 is 2.33 bits per heavy atom. The SMILES string of the molecule is CC(=O)c1c(C)[nH]c(C(=O)COC(=O)CCC(=O)c2ccc3c(c2)CCCC3)c1C. The maximum atomic E-state index is 12.4. The lowest BCUT2D eigenvalue weighted by Crippen LogP contribution is -2.16. The monoisotopic (exact) mass is 409 g/mol. The second-order valence-electron chi connectivity index (χ2n) is 7.88. The largest absolute Gasteiger partial charge is 0.457 e. The summed E-state index contributed by atoms with van der Waals surface area (Å²) in [5.74, 6) is -1.23. The number of rotatable bonds is 8. The first-order valence-corrected chi connectivity index (χ1v) is 10.3. The molecule has 0 amide bonds. The molecule has 1 aromatic carbocycles. The predicted octanol–water partition coefficient (Wildman–Crippen LogP) is 4.10. The molecule has 0 saturated heterocycles. The number of fused-ring (bicyclic) bond motifs is 1. The van der Waals surface area contributed by atoms with Crippen LogP contribution in [0.25, 0.3) is 0 Å². The molecule has 0 saturated carbocycles. The number of aromatic nitrogens is 1. The second kappa shape index (κ2) is 9.20. The van der Waals surface area contributed by atoms with Crippen molar-refractivity contribution >= 4 is 23.3 Å². The molecular weight excluding hydrogens is 382 g/mol. The van der Waals surface area contributed by atoms with Crippen molar-refractivity contribution in [3.05, 3.63) is 57.4 Å². The summed E-state index contributed by atoms with van der Waals surface area (Å²) in [6, 6.07) is 5.77. The van der Waals surface area contributed by atoms with Crippen LogP contribution >= 0.6 is 0 Å². The van der Waals surface area contributed by atoms with Crippen LogP contribution in [-0.2, 0) is 22.4 Å². The molecule has 0 radical (unpaired) electrons. The molecule has 1 heterocycles. The maximum Gasteiger partial charge on any atom is 0.306 e. The summed E-state index contributed by atoms with van der Waals surface area (Å²) in [6.45, 7) is 4.42. The van der Waals surface area contributed by atoms with Gasteiger partial charge in [0.25, 0.3) is 0 Å². The van der Waals surface area contributed by atoms with E-state index >= 15 is 0 Å². The lowest BCUT2D eigenvalue weighted by atomic mass is 9.89. The van der Waals surface area contributed by atoms with Gasteiger partial charge in [-0.05, 0) is 69.2 Å². The normalized spacial score (nSPS) is 12.9. The molecule has 30 heavy (non-hydrogen) atoms. The van der Waals surface area contributed by atoms with Gasteiger partial charge in [-0.1, -0.05) is 12.1 Å². The number of esters is 1. The number of aromatic amines is 1. The molecule has 0 atom stereocenters. The predicted molar refractivity (Wildman–Crippen MR) is 112 cm³/mol. The molecule has 1 aromatic heterocycles. The van der Waals surface area contributed by atoms with E-state index in [1.165, 1.54) is 24.5 Å². The van der Waals surface area contributed by atoms with Crippen LogP contribution in [0.1, 0.15) is 86.2 Å². The van der Waals surface area contributed by atoms with Crippen LogP contribution in [0.5, 0.6) is 0 Å². The van der Waals surface area contributed by atoms with Crippen LogP contribution in [0.2, 0.25) is 0 Å². The van der Waals surface area contributed by atoms with Crippen LogP contribution in [0.4, 0.5) is 0 Å². The first-order valence-electron chi connectivity index (χ1n) is 10.3. The third-order valence-electron chi connectivity index (χ3n) is 5.66. The standard InChI is InChI=1S/C24H27NO5/c1-14-23(16(3)26)15(2)25-24(14)21(28)13-30-22(29)11-10-20(27)19-9-8-17-6-4-5-7-18(17)12-19/h8-9,12,25H,4-7,10-11,13H2,1-3H3. The first-order chi connectivity index (χ1) is 14.3. The highest BCUT2D eigenvalue weighted by Gasteiger charge is 2.21. The Morgan fingerprint density at radius 1 is 0.967 bits per heavy atom. The zero-order valence-corrected chi connectivity index (χ0v) is 17.7. The Hall–Kier alpha value is -3.02. The summed E-state index contributed by atoms with van der Waals surface area (Å²) in [5.41, 5.74) is 5.08. The second-order valence-corrected chi connectivity index (χ2v) is 7.88. The van der Waals surface area contributed by atoms with Gasteiger partial charge in [-0.15, -0.1) is 0 Å².